The van der Waals surface area contributed by atoms with Crippen LogP contribution in [0.2, 0.25) is 0 Å². The van der Waals surface area contributed by atoms with Crippen molar-refractivity contribution in [3.05, 3.63) is 17.7 Å². The van der Waals surface area contributed by atoms with E-state index in [0.29, 0.717) is 23.0 Å². The number of hydrogen-bond acceptors (Lipinski definition) is 5. The lowest BCUT2D eigenvalue weighted by molar-refractivity contribution is -0.0505. The predicted octanol–water partition coefficient (Wildman–Crippen LogP) is 3.18. The van der Waals surface area contributed by atoms with Gasteiger partial charge in [0.1, 0.15) is 5.75 Å². The molecule has 0 spiro atoms. The van der Waals surface area contributed by atoms with Crippen molar-refractivity contribution in [2.24, 2.45) is 4.99 Å². The van der Waals surface area contributed by atoms with E-state index in [1.165, 1.54) is 32.0 Å². The number of guanidine groups is 1. The number of nitrogens with zero attached hydrogens (tertiary/aromatic N) is 2. The number of likely N-dealkylation sites (tertiary alicyclic amines) is 1. The summed E-state index contributed by atoms with van der Waals surface area (Å²) in [4.78, 5) is 6.68. The summed E-state index contributed by atoms with van der Waals surface area (Å²) in [7, 11) is 1.68. The third-order valence-electron chi connectivity index (χ3n) is 4.83. The maximum atomic E-state index is 12.7. The highest BCUT2D eigenvalue weighted by Gasteiger charge is 2.20. The monoisotopic (exact) mass is 526 g/mol. The van der Waals surface area contributed by atoms with Gasteiger partial charge in [-0.1, -0.05) is 0 Å². The van der Waals surface area contributed by atoms with Crippen LogP contribution in [0.4, 0.5) is 8.78 Å². The summed E-state index contributed by atoms with van der Waals surface area (Å²) in [6, 6.07) is 3.08. The second-order valence-corrected chi connectivity index (χ2v) is 6.80. The molecule has 2 aliphatic rings. The van der Waals surface area contributed by atoms with Gasteiger partial charge in [0.2, 0.25) is 6.79 Å². The van der Waals surface area contributed by atoms with E-state index < -0.39 is 6.61 Å². The molecule has 0 radical (unpaired) electrons. The smallest absolute Gasteiger partial charge is 0.387 e. The molecule has 10 heteroatoms. The van der Waals surface area contributed by atoms with Gasteiger partial charge in [-0.2, -0.15) is 8.78 Å². The number of rotatable bonds is 9. The van der Waals surface area contributed by atoms with Crippen LogP contribution in [0.5, 0.6) is 17.2 Å². The van der Waals surface area contributed by atoms with Crippen LogP contribution in [0.15, 0.2) is 17.1 Å². The van der Waals surface area contributed by atoms with Gasteiger partial charge >= 0.3 is 6.61 Å². The number of fused-ring (bicyclic) bond motifs is 1. The van der Waals surface area contributed by atoms with Crippen molar-refractivity contribution >= 4 is 29.9 Å². The van der Waals surface area contributed by atoms with Crippen molar-refractivity contribution in [3.63, 3.8) is 0 Å². The predicted molar refractivity (Wildman–Crippen MR) is 118 cm³/mol. The topological polar surface area (TPSA) is 67.4 Å². The number of unbranched alkanes of at least 4 members (excludes halogenated alkanes) is 1. The van der Waals surface area contributed by atoms with Crippen molar-refractivity contribution < 1.29 is 23.0 Å². The Morgan fingerprint density at radius 3 is 2.59 bits per heavy atom. The molecule has 0 aliphatic carbocycles. The Labute approximate surface area is 187 Å². The van der Waals surface area contributed by atoms with Crippen molar-refractivity contribution in [3.8, 4) is 17.2 Å². The van der Waals surface area contributed by atoms with Gasteiger partial charge < -0.3 is 29.7 Å². The highest BCUT2D eigenvalue weighted by molar-refractivity contribution is 14.0. The number of aliphatic imine (C=N–C) groups is 1. The fourth-order valence-corrected chi connectivity index (χ4v) is 3.38. The van der Waals surface area contributed by atoms with Gasteiger partial charge in [0.25, 0.3) is 0 Å². The van der Waals surface area contributed by atoms with E-state index in [-0.39, 0.29) is 43.1 Å². The number of benzene rings is 1. The zero-order valence-corrected chi connectivity index (χ0v) is 18.9. The molecule has 0 saturated carbocycles. The van der Waals surface area contributed by atoms with Crippen molar-refractivity contribution in [1.82, 2.24) is 15.5 Å². The molecule has 3 rings (SSSR count). The van der Waals surface area contributed by atoms with Gasteiger partial charge in [0, 0.05) is 31.8 Å². The maximum absolute atomic E-state index is 12.7. The molecule has 0 unspecified atom stereocenters. The van der Waals surface area contributed by atoms with Gasteiger partial charge in [0.05, 0.1) is 0 Å². The average Bonchev–Trinajstić information content (AvgIpc) is 3.34. The molecule has 0 aromatic heterocycles. The van der Waals surface area contributed by atoms with E-state index in [2.05, 4.69) is 25.3 Å². The van der Waals surface area contributed by atoms with Crippen molar-refractivity contribution in [2.45, 2.75) is 38.8 Å². The molecule has 2 heterocycles. The Bertz CT molecular complexity index is 673. The Kier molecular flexibility index (Phi) is 9.98. The first-order valence-electron chi connectivity index (χ1n) is 9.70. The maximum Gasteiger partial charge on any atom is 0.387 e. The quantitative estimate of drug-likeness (QED) is 0.223. The zero-order chi connectivity index (χ0) is 19.8. The van der Waals surface area contributed by atoms with Crippen molar-refractivity contribution in [2.75, 3.05) is 40.0 Å². The molecule has 1 aromatic carbocycles. The summed E-state index contributed by atoms with van der Waals surface area (Å²) in [6.07, 6.45) is 4.80. The SMILES string of the molecule is CN=C(NCCCCN1CCCC1)NCc1cc2c(cc1OC(F)F)OCO2.I. The van der Waals surface area contributed by atoms with Gasteiger partial charge in [-0.3, -0.25) is 4.99 Å². The summed E-state index contributed by atoms with van der Waals surface area (Å²) in [5.41, 5.74) is 0.543. The summed E-state index contributed by atoms with van der Waals surface area (Å²) in [6.45, 7) is 1.80. The lowest BCUT2D eigenvalue weighted by Gasteiger charge is -2.16. The largest absolute Gasteiger partial charge is 0.454 e. The fraction of sp³-hybridized carbons (Fsp3) is 0.632. The van der Waals surface area contributed by atoms with Gasteiger partial charge in [0.15, 0.2) is 17.5 Å². The number of halogens is 3. The number of hydrogen-bond donors (Lipinski definition) is 2. The molecule has 0 atom stereocenters. The molecule has 2 aliphatic heterocycles. The molecule has 0 bridgehead atoms. The average molecular weight is 526 g/mol. The molecule has 1 fully saturated rings. The van der Waals surface area contributed by atoms with Crippen molar-refractivity contribution in [1.29, 1.82) is 0 Å². The first kappa shape index (κ1) is 23.7. The Balaban J connectivity index is 0.00000300. The first-order valence-corrected chi connectivity index (χ1v) is 9.70. The summed E-state index contributed by atoms with van der Waals surface area (Å²) < 4.78 is 40.6. The van der Waals surface area contributed by atoms with Gasteiger partial charge in [-0.25, -0.2) is 0 Å². The first-order chi connectivity index (χ1) is 13.7. The molecular weight excluding hydrogens is 497 g/mol. The van der Waals surface area contributed by atoms with E-state index in [1.54, 1.807) is 13.1 Å². The van der Waals surface area contributed by atoms with E-state index in [4.69, 9.17) is 9.47 Å². The van der Waals surface area contributed by atoms with Gasteiger partial charge in [-0.15, -0.1) is 24.0 Å². The van der Waals surface area contributed by atoms with Crippen LogP contribution >= 0.6 is 24.0 Å². The Morgan fingerprint density at radius 2 is 1.90 bits per heavy atom. The van der Waals surface area contributed by atoms with Crippen LogP contribution in [-0.4, -0.2) is 57.5 Å². The highest BCUT2D eigenvalue weighted by atomic mass is 127. The standard InChI is InChI=1S/C19H28F2N4O3.HI/c1-22-19(23-6-2-3-7-25-8-4-5-9-25)24-12-14-10-16-17(27-13-26-16)11-15(14)28-18(20)21;/h10-11,18H,2-9,12-13H2,1H3,(H2,22,23,24);1H. The number of alkyl halides is 2. The lowest BCUT2D eigenvalue weighted by Crippen LogP contribution is -2.37. The molecule has 1 saturated heterocycles. The van der Waals surface area contributed by atoms with Crippen LogP contribution in [-0.2, 0) is 6.54 Å². The highest BCUT2D eigenvalue weighted by Crippen LogP contribution is 2.38. The third-order valence-corrected chi connectivity index (χ3v) is 4.83. The molecule has 7 nitrogen and oxygen atoms in total. The lowest BCUT2D eigenvalue weighted by atomic mass is 10.1. The molecule has 0 amide bonds. The van der Waals surface area contributed by atoms with Crippen LogP contribution in [0.25, 0.3) is 0 Å². The number of ether oxygens (including phenoxy) is 3. The minimum Gasteiger partial charge on any atom is -0.454 e. The fourth-order valence-electron chi connectivity index (χ4n) is 3.38. The molecule has 2 N–H and O–H groups in total. The van der Waals surface area contributed by atoms with Crippen LogP contribution in [0.3, 0.4) is 0 Å². The Hall–Kier alpha value is -1.56. The molecular formula is C19H29F2IN4O3. The number of nitrogens with one attached hydrogen (secondary N) is 2. The third kappa shape index (κ3) is 7.32. The minimum absolute atomic E-state index is 0. The van der Waals surface area contributed by atoms with Crippen LogP contribution in [0.1, 0.15) is 31.2 Å². The summed E-state index contributed by atoms with van der Waals surface area (Å²) in [5, 5.41) is 6.38. The molecule has 164 valence electrons. The normalized spacial score (nSPS) is 16.1. The second kappa shape index (κ2) is 12.2. The molecule has 29 heavy (non-hydrogen) atoms. The molecule has 1 aromatic rings. The minimum atomic E-state index is -2.91. The Morgan fingerprint density at radius 1 is 1.17 bits per heavy atom. The summed E-state index contributed by atoms with van der Waals surface area (Å²) >= 11 is 0. The van der Waals surface area contributed by atoms with E-state index in [1.807, 2.05) is 0 Å². The van der Waals surface area contributed by atoms with E-state index in [9.17, 15) is 8.78 Å². The van der Waals surface area contributed by atoms with Crippen LogP contribution < -0.4 is 24.8 Å². The van der Waals surface area contributed by atoms with E-state index >= 15 is 0 Å². The zero-order valence-electron chi connectivity index (χ0n) is 16.6. The summed E-state index contributed by atoms with van der Waals surface area (Å²) in [5.74, 6) is 1.60. The second-order valence-electron chi connectivity index (χ2n) is 6.80. The van der Waals surface area contributed by atoms with Gasteiger partial charge in [-0.05, 0) is 51.4 Å². The van der Waals surface area contributed by atoms with Crippen LogP contribution in [0, 0.1) is 0 Å². The van der Waals surface area contributed by atoms with E-state index in [0.717, 1.165) is 25.9 Å².